The second-order valence-electron chi connectivity index (χ2n) is 4.10. The molecule has 2 rings (SSSR count). The number of rotatable bonds is 5. The Morgan fingerprint density at radius 2 is 2.24 bits per heavy atom. The lowest BCUT2D eigenvalue weighted by atomic mass is 10.2. The molecule has 4 nitrogen and oxygen atoms in total. The van der Waals surface area contributed by atoms with Crippen molar-refractivity contribution in [3.8, 4) is 5.82 Å². The first-order valence-corrected chi connectivity index (χ1v) is 5.98. The molecule has 17 heavy (non-hydrogen) atoms. The summed E-state index contributed by atoms with van der Waals surface area (Å²) in [5.41, 5.74) is 2.23. The summed E-state index contributed by atoms with van der Waals surface area (Å²) in [7, 11) is 0. The van der Waals surface area contributed by atoms with Gasteiger partial charge in [0, 0.05) is 18.9 Å². The first kappa shape index (κ1) is 11.8. The quantitative estimate of drug-likeness (QED) is 0.800. The number of aromatic nitrogens is 3. The lowest BCUT2D eigenvalue weighted by Crippen LogP contribution is -2.14. The summed E-state index contributed by atoms with van der Waals surface area (Å²) in [4.78, 5) is 4.32. The highest BCUT2D eigenvalue weighted by Crippen LogP contribution is 2.07. The lowest BCUT2D eigenvalue weighted by molar-refractivity contribution is 0.673. The van der Waals surface area contributed by atoms with Gasteiger partial charge in [-0.05, 0) is 43.7 Å². The molecule has 0 amide bonds. The Balaban J connectivity index is 2.11. The van der Waals surface area contributed by atoms with Gasteiger partial charge in [-0.3, -0.25) is 0 Å². The molecule has 2 heterocycles. The van der Waals surface area contributed by atoms with Crippen molar-refractivity contribution >= 4 is 0 Å². The molecule has 0 aliphatic heterocycles. The number of pyridine rings is 1. The summed E-state index contributed by atoms with van der Waals surface area (Å²) in [6.07, 6.45) is 4.91. The second kappa shape index (κ2) is 5.59. The van der Waals surface area contributed by atoms with Gasteiger partial charge in [0.2, 0.25) is 0 Å². The van der Waals surface area contributed by atoms with Crippen molar-refractivity contribution in [2.45, 2.75) is 26.8 Å². The molecule has 0 saturated heterocycles. The first-order valence-electron chi connectivity index (χ1n) is 5.98. The van der Waals surface area contributed by atoms with Gasteiger partial charge in [-0.25, -0.2) is 9.67 Å². The molecule has 0 fully saturated rings. The van der Waals surface area contributed by atoms with Crippen molar-refractivity contribution in [2.75, 3.05) is 6.54 Å². The van der Waals surface area contributed by atoms with E-state index in [1.807, 2.05) is 31.5 Å². The van der Waals surface area contributed by atoms with Crippen LogP contribution in [0.15, 0.2) is 30.6 Å². The van der Waals surface area contributed by atoms with Crippen molar-refractivity contribution in [2.24, 2.45) is 0 Å². The van der Waals surface area contributed by atoms with Crippen LogP contribution in [-0.2, 0) is 6.54 Å². The lowest BCUT2D eigenvalue weighted by Gasteiger charge is -2.05. The molecule has 0 saturated carbocycles. The van der Waals surface area contributed by atoms with E-state index in [0.717, 1.165) is 31.0 Å². The fourth-order valence-electron chi connectivity index (χ4n) is 1.65. The van der Waals surface area contributed by atoms with Gasteiger partial charge in [0.05, 0.1) is 5.69 Å². The zero-order valence-electron chi connectivity index (χ0n) is 10.3. The summed E-state index contributed by atoms with van der Waals surface area (Å²) in [5, 5.41) is 7.73. The smallest absolute Gasteiger partial charge is 0.153 e. The van der Waals surface area contributed by atoms with E-state index < -0.39 is 0 Å². The summed E-state index contributed by atoms with van der Waals surface area (Å²) in [5.74, 6) is 0.869. The van der Waals surface area contributed by atoms with Crippen molar-refractivity contribution in [3.05, 3.63) is 41.9 Å². The van der Waals surface area contributed by atoms with Crippen molar-refractivity contribution in [3.63, 3.8) is 0 Å². The van der Waals surface area contributed by atoms with E-state index in [-0.39, 0.29) is 0 Å². The molecular formula is C13H18N4. The van der Waals surface area contributed by atoms with Crippen LogP contribution in [0.25, 0.3) is 5.82 Å². The van der Waals surface area contributed by atoms with Crippen molar-refractivity contribution in [1.82, 2.24) is 20.1 Å². The summed E-state index contributed by atoms with van der Waals surface area (Å²) in [6, 6.07) is 6.07. The topological polar surface area (TPSA) is 42.7 Å². The summed E-state index contributed by atoms with van der Waals surface area (Å²) in [6.45, 7) is 6.06. The van der Waals surface area contributed by atoms with Gasteiger partial charge in [0.15, 0.2) is 5.82 Å². The molecule has 90 valence electrons. The van der Waals surface area contributed by atoms with Crippen molar-refractivity contribution in [1.29, 1.82) is 0 Å². The molecule has 0 bridgehead atoms. The number of nitrogens with one attached hydrogen (secondary N) is 1. The molecule has 0 spiro atoms. The van der Waals surface area contributed by atoms with Crippen LogP contribution in [0, 0.1) is 6.92 Å². The number of hydrogen-bond acceptors (Lipinski definition) is 3. The minimum Gasteiger partial charge on any atom is -0.313 e. The van der Waals surface area contributed by atoms with E-state index in [4.69, 9.17) is 0 Å². The Morgan fingerprint density at radius 1 is 1.35 bits per heavy atom. The van der Waals surface area contributed by atoms with E-state index >= 15 is 0 Å². The highest BCUT2D eigenvalue weighted by molar-refractivity contribution is 5.27. The summed E-state index contributed by atoms with van der Waals surface area (Å²) >= 11 is 0. The SMILES string of the molecule is CCCNCc1ccnc(-n2ccc(C)n2)c1. The fraction of sp³-hybridized carbons (Fsp3) is 0.385. The zero-order chi connectivity index (χ0) is 12.1. The Labute approximate surface area is 102 Å². The van der Waals surface area contributed by atoms with Gasteiger partial charge in [0.25, 0.3) is 0 Å². The van der Waals surface area contributed by atoms with E-state index in [0.29, 0.717) is 0 Å². The molecule has 0 atom stereocenters. The molecule has 4 heteroatoms. The zero-order valence-corrected chi connectivity index (χ0v) is 10.3. The largest absolute Gasteiger partial charge is 0.313 e. The van der Waals surface area contributed by atoms with Crippen LogP contribution in [-0.4, -0.2) is 21.3 Å². The molecule has 1 N–H and O–H groups in total. The van der Waals surface area contributed by atoms with Crippen LogP contribution in [0.4, 0.5) is 0 Å². The second-order valence-corrected chi connectivity index (χ2v) is 4.10. The van der Waals surface area contributed by atoms with Crippen LogP contribution >= 0.6 is 0 Å². The van der Waals surface area contributed by atoms with Gasteiger partial charge >= 0.3 is 0 Å². The minimum absolute atomic E-state index is 0.869. The van der Waals surface area contributed by atoms with Crippen LogP contribution in [0.1, 0.15) is 24.6 Å². The average molecular weight is 230 g/mol. The third kappa shape index (κ3) is 3.14. The molecule has 0 aliphatic carbocycles. The standard InChI is InChI=1S/C13H18N4/c1-3-6-14-10-12-4-7-15-13(9-12)17-8-5-11(2)16-17/h4-5,7-9,14H,3,6,10H2,1-2H3. The van der Waals surface area contributed by atoms with Crippen LogP contribution in [0.3, 0.4) is 0 Å². The van der Waals surface area contributed by atoms with Gasteiger partial charge in [-0.15, -0.1) is 0 Å². The van der Waals surface area contributed by atoms with Gasteiger partial charge in [-0.1, -0.05) is 6.92 Å². The highest BCUT2D eigenvalue weighted by Gasteiger charge is 2.01. The van der Waals surface area contributed by atoms with E-state index in [1.165, 1.54) is 5.56 Å². The predicted molar refractivity (Wildman–Crippen MR) is 68.1 cm³/mol. The number of nitrogens with zero attached hydrogens (tertiary/aromatic N) is 3. The molecule has 2 aromatic rings. The fourth-order valence-corrected chi connectivity index (χ4v) is 1.65. The first-order chi connectivity index (χ1) is 8.29. The Kier molecular flexibility index (Phi) is 3.88. The normalized spacial score (nSPS) is 10.7. The van der Waals surface area contributed by atoms with Crippen molar-refractivity contribution < 1.29 is 0 Å². The molecular weight excluding hydrogens is 212 g/mol. The van der Waals surface area contributed by atoms with Crippen LogP contribution in [0.5, 0.6) is 0 Å². The number of aryl methyl sites for hydroxylation is 1. The van der Waals surface area contributed by atoms with E-state index in [9.17, 15) is 0 Å². The molecule has 0 radical (unpaired) electrons. The van der Waals surface area contributed by atoms with E-state index in [2.05, 4.69) is 28.4 Å². The van der Waals surface area contributed by atoms with Gasteiger partial charge in [0.1, 0.15) is 0 Å². The van der Waals surface area contributed by atoms with Crippen LogP contribution < -0.4 is 5.32 Å². The van der Waals surface area contributed by atoms with E-state index in [1.54, 1.807) is 4.68 Å². The van der Waals surface area contributed by atoms with Gasteiger partial charge < -0.3 is 5.32 Å². The van der Waals surface area contributed by atoms with Gasteiger partial charge in [-0.2, -0.15) is 5.10 Å². The molecule has 2 aromatic heterocycles. The third-order valence-corrected chi connectivity index (χ3v) is 2.52. The molecule has 0 aliphatic rings. The maximum Gasteiger partial charge on any atom is 0.153 e. The predicted octanol–water partition coefficient (Wildman–Crippen LogP) is 2.08. The average Bonchev–Trinajstić information content (AvgIpc) is 2.77. The third-order valence-electron chi connectivity index (χ3n) is 2.52. The van der Waals surface area contributed by atoms with Crippen LogP contribution in [0.2, 0.25) is 0 Å². The summed E-state index contributed by atoms with van der Waals surface area (Å²) < 4.78 is 1.80. The Hall–Kier alpha value is -1.68. The molecule has 0 aromatic carbocycles. The minimum atomic E-state index is 0.869. The number of hydrogen-bond donors (Lipinski definition) is 1. The maximum atomic E-state index is 4.35. The monoisotopic (exact) mass is 230 g/mol. The Morgan fingerprint density at radius 3 is 2.94 bits per heavy atom. The molecule has 0 unspecified atom stereocenters. The Bertz CT molecular complexity index is 476. The maximum absolute atomic E-state index is 4.35. The highest BCUT2D eigenvalue weighted by atomic mass is 15.3.